The predicted octanol–water partition coefficient (Wildman–Crippen LogP) is 1.73. The van der Waals surface area contributed by atoms with Crippen molar-refractivity contribution in [2.45, 2.75) is 13.0 Å². The van der Waals surface area contributed by atoms with E-state index in [1.54, 1.807) is 7.11 Å². The lowest BCUT2D eigenvalue weighted by Gasteiger charge is -2.38. The van der Waals surface area contributed by atoms with Gasteiger partial charge in [-0.15, -0.1) is 24.0 Å². The summed E-state index contributed by atoms with van der Waals surface area (Å²) in [5.74, 6) is 1.93. The van der Waals surface area contributed by atoms with Crippen LogP contribution in [0.3, 0.4) is 0 Å². The Morgan fingerprint density at radius 1 is 1.21 bits per heavy atom. The first-order valence-corrected chi connectivity index (χ1v) is 9.92. The second-order valence-electron chi connectivity index (χ2n) is 7.10. The molecule has 158 valence electrons. The minimum atomic E-state index is 0. The highest BCUT2D eigenvalue weighted by atomic mass is 127. The van der Waals surface area contributed by atoms with Gasteiger partial charge in [0.15, 0.2) is 5.96 Å². The fourth-order valence-corrected chi connectivity index (χ4v) is 3.64. The zero-order chi connectivity index (χ0) is 19.1. The Hall–Kier alpha value is -1.26. The summed E-state index contributed by atoms with van der Waals surface area (Å²) in [5, 5.41) is 3.44. The Kier molecular flexibility index (Phi) is 9.60. The highest BCUT2D eigenvalue weighted by Gasteiger charge is 2.23. The first-order chi connectivity index (χ1) is 13.2. The van der Waals surface area contributed by atoms with Crippen LogP contribution in [0.2, 0.25) is 0 Å². The smallest absolute Gasteiger partial charge is 0.194 e. The van der Waals surface area contributed by atoms with Crippen LogP contribution in [0.4, 0.5) is 5.69 Å². The lowest BCUT2D eigenvalue weighted by Crippen LogP contribution is -2.53. The number of nitrogens with one attached hydrogen (secondary N) is 1. The number of methoxy groups -OCH3 is 1. The summed E-state index contributed by atoms with van der Waals surface area (Å²) >= 11 is 0. The predicted molar refractivity (Wildman–Crippen MR) is 125 cm³/mol. The van der Waals surface area contributed by atoms with Crippen LogP contribution in [0.1, 0.15) is 6.92 Å². The van der Waals surface area contributed by atoms with Gasteiger partial charge in [0.1, 0.15) is 5.75 Å². The third kappa shape index (κ3) is 6.12. The number of piperazine rings is 1. The van der Waals surface area contributed by atoms with Crippen LogP contribution in [0.15, 0.2) is 29.3 Å². The molecular weight excluding hydrogens is 469 g/mol. The monoisotopic (exact) mass is 503 g/mol. The molecule has 2 heterocycles. The topological polar surface area (TPSA) is 52.6 Å². The first-order valence-electron chi connectivity index (χ1n) is 9.92. The SMILES string of the molecule is CCNC(=NCC1CN(C)CCO1)N1CCN(c2ccccc2OC)CC1.I. The summed E-state index contributed by atoms with van der Waals surface area (Å²) in [4.78, 5) is 11.9. The Labute approximate surface area is 186 Å². The van der Waals surface area contributed by atoms with E-state index < -0.39 is 0 Å². The van der Waals surface area contributed by atoms with E-state index >= 15 is 0 Å². The number of hydrogen-bond acceptors (Lipinski definition) is 5. The van der Waals surface area contributed by atoms with Crippen molar-refractivity contribution in [3.63, 3.8) is 0 Å². The average molecular weight is 503 g/mol. The molecule has 0 aliphatic carbocycles. The summed E-state index contributed by atoms with van der Waals surface area (Å²) in [7, 11) is 3.87. The van der Waals surface area contributed by atoms with E-state index in [0.717, 1.165) is 64.1 Å². The summed E-state index contributed by atoms with van der Waals surface area (Å²) < 4.78 is 11.4. The van der Waals surface area contributed by atoms with Crippen molar-refractivity contribution in [2.75, 3.05) is 78.0 Å². The minimum absolute atomic E-state index is 0. The van der Waals surface area contributed by atoms with Crippen LogP contribution in [-0.2, 0) is 4.74 Å². The standard InChI is InChI=1S/C20H33N5O2.HI/c1-4-21-20(22-15-17-16-23(2)13-14-27-17)25-11-9-24(10-12-25)18-7-5-6-8-19(18)26-3;/h5-8,17H,4,9-16H2,1-3H3,(H,21,22);1H. The van der Waals surface area contributed by atoms with Gasteiger partial charge in [0.05, 0.1) is 32.1 Å². The number of hydrogen-bond donors (Lipinski definition) is 1. The Bertz CT molecular complexity index is 622. The van der Waals surface area contributed by atoms with E-state index in [1.807, 2.05) is 12.1 Å². The molecule has 0 amide bonds. The number of anilines is 1. The largest absolute Gasteiger partial charge is 0.495 e. The molecule has 8 heteroatoms. The molecule has 1 atom stereocenters. The Morgan fingerprint density at radius 3 is 2.64 bits per heavy atom. The second kappa shape index (κ2) is 11.7. The van der Waals surface area contributed by atoms with Crippen LogP contribution in [0, 0.1) is 0 Å². The Balaban J connectivity index is 0.00000280. The van der Waals surface area contributed by atoms with Crippen LogP contribution in [0.25, 0.3) is 0 Å². The lowest BCUT2D eigenvalue weighted by atomic mass is 10.2. The number of para-hydroxylation sites is 2. The fraction of sp³-hybridized carbons (Fsp3) is 0.650. The fourth-order valence-electron chi connectivity index (χ4n) is 3.64. The van der Waals surface area contributed by atoms with Gasteiger partial charge >= 0.3 is 0 Å². The number of benzene rings is 1. The molecule has 0 saturated carbocycles. The average Bonchev–Trinajstić information content (AvgIpc) is 2.71. The first kappa shape index (κ1) is 23.0. The number of likely N-dealkylation sites (N-methyl/N-ethyl adjacent to an activating group) is 1. The van der Waals surface area contributed by atoms with E-state index in [1.165, 1.54) is 5.69 Å². The second-order valence-corrected chi connectivity index (χ2v) is 7.10. The molecule has 2 aliphatic heterocycles. The third-order valence-corrected chi connectivity index (χ3v) is 5.13. The maximum atomic E-state index is 5.85. The van der Waals surface area contributed by atoms with Gasteiger partial charge in [0.25, 0.3) is 0 Å². The highest BCUT2D eigenvalue weighted by molar-refractivity contribution is 14.0. The van der Waals surface area contributed by atoms with Crippen LogP contribution < -0.4 is 15.0 Å². The summed E-state index contributed by atoms with van der Waals surface area (Å²) in [6, 6.07) is 8.23. The van der Waals surface area contributed by atoms with E-state index in [0.29, 0.717) is 6.54 Å². The van der Waals surface area contributed by atoms with E-state index in [4.69, 9.17) is 14.5 Å². The number of rotatable bonds is 5. The van der Waals surface area contributed by atoms with Crippen molar-refractivity contribution >= 4 is 35.6 Å². The summed E-state index contributed by atoms with van der Waals surface area (Å²) in [6.07, 6.45) is 0.187. The number of halogens is 1. The van der Waals surface area contributed by atoms with Crippen molar-refractivity contribution in [2.24, 2.45) is 4.99 Å². The van der Waals surface area contributed by atoms with Gasteiger partial charge in [-0.25, -0.2) is 0 Å². The lowest BCUT2D eigenvalue weighted by molar-refractivity contribution is -0.0137. The van der Waals surface area contributed by atoms with Gasteiger partial charge < -0.3 is 29.5 Å². The van der Waals surface area contributed by atoms with Gasteiger partial charge in [-0.1, -0.05) is 12.1 Å². The molecule has 3 rings (SSSR count). The molecule has 28 heavy (non-hydrogen) atoms. The molecule has 1 unspecified atom stereocenters. The quantitative estimate of drug-likeness (QED) is 0.376. The van der Waals surface area contributed by atoms with Crippen molar-refractivity contribution in [3.8, 4) is 5.75 Å². The third-order valence-electron chi connectivity index (χ3n) is 5.13. The van der Waals surface area contributed by atoms with Gasteiger partial charge in [0.2, 0.25) is 0 Å². The molecule has 1 aromatic rings. The van der Waals surface area contributed by atoms with Crippen molar-refractivity contribution < 1.29 is 9.47 Å². The van der Waals surface area contributed by atoms with Crippen LogP contribution in [-0.4, -0.2) is 95.0 Å². The molecule has 0 bridgehead atoms. The minimum Gasteiger partial charge on any atom is -0.495 e. The zero-order valence-electron chi connectivity index (χ0n) is 17.3. The van der Waals surface area contributed by atoms with E-state index in [2.05, 4.69) is 46.1 Å². The van der Waals surface area contributed by atoms with Crippen molar-refractivity contribution in [3.05, 3.63) is 24.3 Å². The molecule has 7 nitrogen and oxygen atoms in total. The molecule has 1 aromatic carbocycles. The van der Waals surface area contributed by atoms with Crippen molar-refractivity contribution in [1.29, 1.82) is 0 Å². The van der Waals surface area contributed by atoms with Gasteiger partial charge in [-0.3, -0.25) is 4.99 Å². The number of nitrogens with zero attached hydrogens (tertiary/aromatic N) is 4. The molecule has 2 fully saturated rings. The molecule has 0 spiro atoms. The van der Waals surface area contributed by atoms with E-state index in [-0.39, 0.29) is 30.1 Å². The maximum Gasteiger partial charge on any atom is 0.194 e. The molecule has 0 radical (unpaired) electrons. The number of aliphatic imine (C=N–C) groups is 1. The summed E-state index contributed by atoms with van der Waals surface area (Å²) in [6.45, 7) is 10.2. The summed E-state index contributed by atoms with van der Waals surface area (Å²) in [5.41, 5.74) is 1.17. The van der Waals surface area contributed by atoms with Crippen LogP contribution in [0.5, 0.6) is 5.75 Å². The maximum absolute atomic E-state index is 5.85. The zero-order valence-corrected chi connectivity index (χ0v) is 19.6. The molecular formula is C20H34IN5O2. The van der Waals surface area contributed by atoms with Gasteiger partial charge in [0, 0.05) is 45.8 Å². The number of guanidine groups is 1. The molecule has 2 saturated heterocycles. The highest BCUT2D eigenvalue weighted by Crippen LogP contribution is 2.28. The Morgan fingerprint density at radius 2 is 1.96 bits per heavy atom. The van der Waals surface area contributed by atoms with Crippen LogP contribution >= 0.6 is 24.0 Å². The molecule has 2 aliphatic rings. The van der Waals surface area contributed by atoms with Crippen molar-refractivity contribution in [1.82, 2.24) is 15.1 Å². The number of ether oxygens (including phenoxy) is 2. The van der Waals surface area contributed by atoms with Gasteiger partial charge in [-0.05, 0) is 26.1 Å². The van der Waals surface area contributed by atoms with Gasteiger partial charge in [-0.2, -0.15) is 0 Å². The molecule has 1 N–H and O–H groups in total. The molecule has 0 aromatic heterocycles. The normalized spacial score (nSPS) is 21.2. The number of morpholine rings is 1. The van der Waals surface area contributed by atoms with E-state index in [9.17, 15) is 0 Å².